The molecule has 0 saturated carbocycles. The van der Waals surface area contributed by atoms with Crippen molar-refractivity contribution in [1.29, 1.82) is 0 Å². The molecule has 8 heteroatoms. The van der Waals surface area contributed by atoms with Crippen LogP contribution in [0.15, 0.2) is 18.2 Å². The van der Waals surface area contributed by atoms with Crippen LogP contribution in [0.3, 0.4) is 0 Å². The van der Waals surface area contributed by atoms with Crippen molar-refractivity contribution in [2.75, 3.05) is 17.1 Å². The maximum absolute atomic E-state index is 11.7. The minimum Gasteiger partial charge on any atom is -0.293 e. The van der Waals surface area contributed by atoms with Crippen LogP contribution in [0.25, 0.3) is 0 Å². The Balaban J connectivity index is 3.22. The van der Waals surface area contributed by atoms with Gasteiger partial charge in [-0.25, -0.2) is 14.3 Å². The molecule has 18 heavy (non-hydrogen) atoms. The second-order valence-electron chi connectivity index (χ2n) is 3.77. The number of anilines is 1. The monoisotopic (exact) mass is 291 g/mol. The summed E-state index contributed by atoms with van der Waals surface area (Å²) in [5.41, 5.74) is 2.94. The van der Waals surface area contributed by atoms with E-state index < -0.39 is 15.9 Å². The van der Waals surface area contributed by atoms with Gasteiger partial charge >= 0.3 is 0 Å². The largest absolute Gasteiger partial charge is 0.293 e. The fraction of sp³-hybridized carbons (Fsp3) is 0.300. The molecule has 0 aliphatic heterocycles. The number of amides is 1. The Kier molecular flexibility index (Phi) is 4.55. The highest BCUT2D eigenvalue weighted by Crippen LogP contribution is 2.25. The minimum atomic E-state index is -3.58. The van der Waals surface area contributed by atoms with Crippen molar-refractivity contribution >= 4 is 33.2 Å². The average molecular weight is 292 g/mol. The van der Waals surface area contributed by atoms with Crippen molar-refractivity contribution < 1.29 is 13.2 Å². The number of hydrogen-bond acceptors (Lipinski definition) is 4. The molecule has 0 aliphatic carbocycles. The quantitative estimate of drug-likeness (QED) is 0.477. The Morgan fingerprint density at radius 3 is 2.56 bits per heavy atom. The number of aryl methyl sites for hydroxylation is 1. The van der Waals surface area contributed by atoms with Gasteiger partial charge in [-0.3, -0.25) is 14.5 Å². The van der Waals surface area contributed by atoms with Gasteiger partial charge in [0.15, 0.2) is 0 Å². The third kappa shape index (κ3) is 3.59. The Morgan fingerprint density at radius 1 is 1.50 bits per heavy atom. The van der Waals surface area contributed by atoms with Gasteiger partial charge in [-0.1, -0.05) is 11.6 Å². The summed E-state index contributed by atoms with van der Waals surface area (Å²) >= 11 is 5.80. The smallest absolute Gasteiger partial charge is 0.254 e. The predicted molar refractivity (Wildman–Crippen MR) is 70.7 cm³/mol. The number of hydrazine groups is 1. The van der Waals surface area contributed by atoms with Gasteiger partial charge in [-0.15, -0.1) is 0 Å². The van der Waals surface area contributed by atoms with Crippen LogP contribution >= 0.6 is 11.6 Å². The SMILES string of the molecule is Cc1cc(Cl)ccc1N(CC(=O)NN)S(C)(=O)=O. The van der Waals surface area contributed by atoms with Crippen LogP contribution in [0, 0.1) is 6.92 Å². The van der Waals surface area contributed by atoms with Crippen LogP contribution in [0.2, 0.25) is 5.02 Å². The van der Waals surface area contributed by atoms with E-state index in [1.165, 1.54) is 0 Å². The second-order valence-corrected chi connectivity index (χ2v) is 6.11. The number of benzene rings is 1. The van der Waals surface area contributed by atoms with E-state index in [0.717, 1.165) is 10.6 Å². The number of halogens is 1. The van der Waals surface area contributed by atoms with Crippen LogP contribution in [0.5, 0.6) is 0 Å². The summed E-state index contributed by atoms with van der Waals surface area (Å²) in [5.74, 6) is 4.36. The molecular formula is C10H14ClN3O3S. The lowest BCUT2D eigenvalue weighted by Gasteiger charge is -2.23. The van der Waals surface area contributed by atoms with Crippen LogP contribution in [0.4, 0.5) is 5.69 Å². The highest BCUT2D eigenvalue weighted by atomic mass is 35.5. The summed E-state index contributed by atoms with van der Waals surface area (Å²) < 4.78 is 24.4. The van der Waals surface area contributed by atoms with Gasteiger partial charge in [0.25, 0.3) is 5.91 Å². The Labute approximate surface area is 111 Å². The number of carbonyl (C=O) groups is 1. The van der Waals surface area contributed by atoms with Gasteiger partial charge < -0.3 is 0 Å². The molecule has 100 valence electrons. The molecule has 0 unspecified atom stereocenters. The number of carbonyl (C=O) groups excluding carboxylic acids is 1. The summed E-state index contributed by atoms with van der Waals surface area (Å²) in [7, 11) is -3.58. The predicted octanol–water partition coefficient (Wildman–Crippen LogP) is 0.404. The summed E-state index contributed by atoms with van der Waals surface area (Å²) in [6.45, 7) is 1.33. The molecule has 0 saturated heterocycles. The highest BCUT2D eigenvalue weighted by molar-refractivity contribution is 7.92. The molecule has 0 fully saturated rings. The summed E-state index contributed by atoms with van der Waals surface area (Å²) in [6.07, 6.45) is 1.02. The lowest BCUT2D eigenvalue weighted by atomic mass is 10.2. The Morgan fingerprint density at radius 2 is 2.11 bits per heavy atom. The second kappa shape index (κ2) is 5.55. The standard InChI is InChI=1S/C10H14ClN3O3S/c1-7-5-8(11)3-4-9(7)14(18(2,16)17)6-10(15)13-12/h3-5H,6,12H2,1-2H3,(H,13,15). The van der Waals surface area contributed by atoms with Crippen molar-refractivity contribution in [2.24, 2.45) is 5.84 Å². The van der Waals surface area contributed by atoms with Gasteiger partial charge in [0, 0.05) is 5.02 Å². The topological polar surface area (TPSA) is 92.5 Å². The van der Waals surface area contributed by atoms with Crippen molar-refractivity contribution in [3.05, 3.63) is 28.8 Å². The van der Waals surface area contributed by atoms with E-state index in [1.807, 2.05) is 5.43 Å². The summed E-state index contributed by atoms with van der Waals surface area (Å²) in [4.78, 5) is 11.3. The first kappa shape index (κ1) is 14.7. The third-order valence-electron chi connectivity index (χ3n) is 2.28. The lowest BCUT2D eigenvalue weighted by Crippen LogP contribution is -2.43. The van der Waals surface area contributed by atoms with E-state index in [1.54, 1.807) is 25.1 Å². The lowest BCUT2D eigenvalue weighted by molar-refractivity contribution is -0.119. The molecule has 0 atom stereocenters. The number of nitrogens with two attached hydrogens (primary N) is 1. The zero-order valence-corrected chi connectivity index (χ0v) is 11.5. The molecule has 0 bridgehead atoms. The molecule has 1 amide bonds. The zero-order chi connectivity index (χ0) is 13.9. The van der Waals surface area contributed by atoms with E-state index in [0.29, 0.717) is 16.3 Å². The van der Waals surface area contributed by atoms with E-state index >= 15 is 0 Å². The molecule has 1 rings (SSSR count). The van der Waals surface area contributed by atoms with Crippen LogP contribution in [-0.4, -0.2) is 27.1 Å². The zero-order valence-electron chi connectivity index (χ0n) is 9.97. The van der Waals surface area contributed by atoms with Gasteiger partial charge in [0.2, 0.25) is 10.0 Å². The molecule has 1 aromatic rings. The maximum Gasteiger partial charge on any atom is 0.254 e. The van der Waals surface area contributed by atoms with E-state index in [2.05, 4.69) is 0 Å². The van der Waals surface area contributed by atoms with Crippen molar-refractivity contribution in [3.63, 3.8) is 0 Å². The van der Waals surface area contributed by atoms with Gasteiger partial charge in [-0.05, 0) is 30.7 Å². The first-order valence-corrected chi connectivity index (χ1v) is 7.21. The Hall–Kier alpha value is -1.31. The number of nitrogens with zero attached hydrogens (tertiary/aromatic N) is 1. The van der Waals surface area contributed by atoms with Crippen molar-refractivity contribution in [2.45, 2.75) is 6.92 Å². The van der Waals surface area contributed by atoms with Gasteiger partial charge in [-0.2, -0.15) is 0 Å². The molecule has 1 aromatic carbocycles. The third-order valence-corrected chi connectivity index (χ3v) is 3.64. The number of sulfonamides is 1. The first-order chi connectivity index (χ1) is 8.25. The summed E-state index contributed by atoms with van der Waals surface area (Å²) in [5, 5.41) is 0.493. The van der Waals surface area contributed by atoms with Crippen LogP contribution in [0.1, 0.15) is 5.56 Å². The van der Waals surface area contributed by atoms with E-state index in [4.69, 9.17) is 17.4 Å². The summed E-state index contributed by atoms with van der Waals surface area (Å²) in [6, 6.07) is 4.72. The normalized spacial score (nSPS) is 11.1. The fourth-order valence-corrected chi connectivity index (χ4v) is 2.60. The maximum atomic E-state index is 11.7. The van der Waals surface area contributed by atoms with Crippen molar-refractivity contribution in [1.82, 2.24) is 5.43 Å². The fourth-order valence-electron chi connectivity index (χ4n) is 1.46. The average Bonchev–Trinajstić information content (AvgIpc) is 2.25. The Bertz CT molecular complexity index is 559. The molecule has 3 N–H and O–H groups in total. The van der Waals surface area contributed by atoms with E-state index in [-0.39, 0.29) is 6.54 Å². The molecule has 0 spiro atoms. The number of hydrogen-bond donors (Lipinski definition) is 2. The first-order valence-electron chi connectivity index (χ1n) is 4.99. The van der Waals surface area contributed by atoms with Gasteiger partial charge in [0.1, 0.15) is 6.54 Å². The highest BCUT2D eigenvalue weighted by Gasteiger charge is 2.21. The van der Waals surface area contributed by atoms with Crippen LogP contribution in [-0.2, 0) is 14.8 Å². The molecule has 0 radical (unpaired) electrons. The molecular weight excluding hydrogens is 278 g/mol. The number of nitrogens with one attached hydrogen (secondary N) is 1. The molecule has 0 heterocycles. The molecule has 0 aromatic heterocycles. The minimum absolute atomic E-state index is 0.377. The van der Waals surface area contributed by atoms with E-state index in [9.17, 15) is 13.2 Å². The number of rotatable bonds is 4. The van der Waals surface area contributed by atoms with Crippen LogP contribution < -0.4 is 15.6 Å². The molecule has 0 aliphatic rings. The molecule has 6 nitrogen and oxygen atoms in total. The van der Waals surface area contributed by atoms with Crippen molar-refractivity contribution in [3.8, 4) is 0 Å². The van der Waals surface area contributed by atoms with Gasteiger partial charge in [0.05, 0.1) is 11.9 Å².